The van der Waals surface area contributed by atoms with Gasteiger partial charge in [0.2, 0.25) is 11.9 Å². The van der Waals surface area contributed by atoms with E-state index in [0.717, 1.165) is 4.90 Å². The molecule has 18 nitrogen and oxygen atoms in total. The van der Waals surface area contributed by atoms with Gasteiger partial charge in [-0.15, -0.1) is 4.99 Å². The predicted octanol–water partition coefficient (Wildman–Crippen LogP) is 3.29. The van der Waals surface area contributed by atoms with Crippen LogP contribution < -0.4 is 21.7 Å². The number of hydrogen-bond acceptors (Lipinski definition) is 9. The highest BCUT2D eigenvalue weighted by molar-refractivity contribution is 5.97. The molecule has 0 fully saturated rings. The van der Waals surface area contributed by atoms with Crippen LogP contribution in [0.5, 0.6) is 0 Å². The third-order valence-corrected chi connectivity index (χ3v) is 5.71. The first-order valence-electron chi connectivity index (χ1n) is 15.5. The SMILES string of the molecule is CC(C)(C)OC(=O)N(CCCCOC(=O)NCC(=O)NCCCCCCN(C(=O)OC(C)(C)C)C(N)=NC(=O)O)CCCNC(=O)O. The molecule has 0 aliphatic heterocycles. The number of unbranched alkanes of at least 4 members (excludes halogenated alkanes) is 4. The fourth-order valence-electron chi connectivity index (χ4n) is 3.67. The molecule has 0 aliphatic carbocycles. The van der Waals surface area contributed by atoms with Crippen molar-refractivity contribution in [3.8, 4) is 0 Å². The summed E-state index contributed by atoms with van der Waals surface area (Å²) in [6.45, 7) is 11.3. The van der Waals surface area contributed by atoms with Gasteiger partial charge >= 0.3 is 30.5 Å². The fourth-order valence-corrected chi connectivity index (χ4v) is 3.67. The van der Waals surface area contributed by atoms with E-state index in [9.17, 15) is 28.8 Å². The van der Waals surface area contributed by atoms with Gasteiger partial charge < -0.3 is 51.0 Å². The molecule has 18 heteroatoms. The summed E-state index contributed by atoms with van der Waals surface area (Å²) in [5.41, 5.74) is 4.17. The Bertz CT molecular complexity index is 1060. The van der Waals surface area contributed by atoms with Gasteiger partial charge in [-0.25, -0.2) is 28.9 Å². The van der Waals surface area contributed by atoms with E-state index in [0.29, 0.717) is 58.0 Å². The fraction of sp³-hybridized carbons (Fsp3) is 0.759. The first-order valence-corrected chi connectivity index (χ1v) is 15.5. The Balaban J connectivity index is 4.28. The number of nitrogens with zero attached hydrogens (tertiary/aromatic N) is 3. The number of carbonyl (C=O) groups is 6. The topological polar surface area (TPSA) is 252 Å². The monoisotopic (exact) mass is 675 g/mol. The summed E-state index contributed by atoms with van der Waals surface area (Å²) in [5, 5.41) is 24.8. The number of aliphatic imine (C=N–C) groups is 1. The molecule has 270 valence electrons. The van der Waals surface area contributed by atoms with Gasteiger partial charge in [0.15, 0.2) is 0 Å². The summed E-state index contributed by atoms with van der Waals surface area (Å²) in [7, 11) is 0. The number of carboxylic acid groups (broad SMARTS) is 2. The van der Waals surface area contributed by atoms with E-state index in [-0.39, 0.29) is 32.8 Å². The van der Waals surface area contributed by atoms with Crippen molar-refractivity contribution in [1.29, 1.82) is 0 Å². The number of carbonyl (C=O) groups excluding carboxylic acids is 4. The van der Waals surface area contributed by atoms with Crippen molar-refractivity contribution in [3.63, 3.8) is 0 Å². The lowest BCUT2D eigenvalue weighted by molar-refractivity contribution is -0.120. The van der Waals surface area contributed by atoms with Crippen LogP contribution in [-0.2, 0) is 19.0 Å². The lowest BCUT2D eigenvalue weighted by atomic mass is 10.2. The zero-order chi connectivity index (χ0) is 36.0. The number of amides is 6. The molecule has 0 saturated heterocycles. The first kappa shape index (κ1) is 42.5. The molecule has 0 aromatic carbocycles. The molecular weight excluding hydrogens is 622 g/mol. The minimum absolute atomic E-state index is 0.0648. The van der Waals surface area contributed by atoms with Gasteiger partial charge in [-0.1, -0.05) is 12.8 Å². The molecule has 0 radical (unpaired) electrons. The van der Waals surface area contributed by atoms with Crippen molar-refractivity contribution in [1.82, 2.24) is 25.8 Å². The predicted molar refractivity (Wildman–Crippen MR) is 171 cm³/mol. The Hall–Kier alpha value is -4.51. The minimum atomic E-state index is -1.53. The van der Waals surface area contributed by atoms with Gasteiger partial charge in [0.1, 0.15) is 11.2 Å². The quantitative estimate of drug-likeness (QED) is 0.0530. The Morgan fingerprint density at radius 1 is 0.702 bits per heavy atom. The average Bonchev–Trinajstić information content (AvgIpc) is 2.91. The summed E-state index contributed by atoms with van der Waals surface area (Å²) < 4.78 is 15.7. The van der Waals surface area contributed by atoms with Crippen LogP contribution in [0.15, 0.2) is 4.99 Å². The Morgan fingerprint density at radius 3 is 1.85 bits per heavy atom. The number of alkyl carbamates (subject to hydrolysis) is 1. The van der Waals surface area contributed by atoms with Crippen molar-refractivity contribution in [3.05, 3.63) is 0 Å². The summed E-state index contributed by atoms with van der Waals surface area (Å²) >= 11 is 0. The third kappa shape index (κ3) is 24.4. The molecule has 47 heavy (non-hydrogen) atoms. The second-order valence-corrected chi connectivity index (χ2v) is 12.4. The molecule has 0 unspecified atom stereocenters. The van der Waals surface area contributed by atoms with Gasteiger partial charge in [0, 0.05) is 32.7 Å². The third-order valence-electron chi connectivity index (χ3n) is 5.71. The van der Waals surface area contributed by atoms with Gasteiger partial charge in [-0.05, 0) is 73.6 Å². The second-order valence-electron chi connectivity index (χ2n) is 12.4. The van der Waals surface area contributed by atoms with Gasteiger partial charge in [-0.3, -0.25) is 4.79 Å². The molecule has 0 rings (SSSR count). The molecule has 0 bridgehead atoms. The number of guanidine groups is 1. The normalized spacial score (nSPS) is 11.6. The van der Waals surface area contributed by atoms with E-state index < -0.39 is 53.5 Å². The summed E-state index contributed by atoms with van der Waals surface area (Å²) in [5.74, 6) is -0.879. The molecule has 0 atom stereocenters. The van der Waals surface area contributed by atoms with Crippen LogP contribution in [0.1, 0.15) is 86.5 Å². The molecule has 0 aliphatic rings. The zero-order valence-corrected chi connectivity index (χ0v) is 28.4. The Labute approximate surface area is 275 Å². The molecular formula is C29H53N7O11. The number of nitrogens with one attached hydrogen (secondary N) is 3. The van der Waals surface area contributed by atoms with E-state index in [1.54, 1.807) is 41.5 Å². The maximum atomic E-state index is 12.5. The maximum absolute atomic E-state index is 12.5. The first-order chi connectivity index (χ1) is 21.8. The van der Waals surface area contributed by atoms with Crippen LogP contribution in [0.4, 0.5) is 24.0 Å². The summed E-state index contributed by atoms with van der Waals surface area (Å²) in [6.07, 6.45) is -0.952. The minimum Gasteiger partial charge on any atom is -0.465 e. The number of hydrogen-bond donors (Lipinski definition) is 6. The van der Waals surface area contributed by atoms with Crippen LogP contribution in [0, 0.1) is 0 Å². The number of ether oxygens (including phenoxy) is 3. The smallest absolute Gasteiger partial charge is 0.434 e. The van der Waals surface area contributed by atoms with Crippen LogP contribution in [0.25, 0.3) is 0 Å². The molecule has 7 N–H and O–H groups in total. The molecule has 0 aromatic heterocycles. The van der Waals surface area contributed by atoms with E-state index in [4.69, 9.17) is 30.2 Å². The van der Waals surface area contributed by atoms with Crippen molar-refractivity contribution in [2.24, 2.45) is 10.7 Å². The molecule has 6 amide bonds. The van der Waals surface area contributed by atoms with Gasteiger partial charge in [0.25, 0.3) is 0 Å². The lowest BCUT2D eigenvalue weighted by Gasteiger charge is -2.27. The van der Waals surface area contributed by atoms with Crippen LogP contribution in [-0.4, -0.2) is 119 Å². The summed E-state index contributed by atoms with van der Waals surface area (Å²) in [4.78, 5) is 76.0. The van der Waals surface area contributed by atoms with Gasteiger partial charge in [0.05, 0.1) is 13.2 Å². The highest BCUT2D eigenvalue weighted by Crippen LogP contribution is 2.12. The van der Waals surface area contributed by atoms with Crippen LogP contribution >= 0.6 is 0 Å². The summed E-state index contributed by atoms with van der Waals surface area (Å²) in [6, 6.07) is 0. The van der Waals surface area contributed by atoms with Crippen LogP contribution in [0.2, 0.25) is 0 Å². The Kier molecular flexibility index (Phi) is 20.0. The number of rotatable bonds is 18. The molecule has 0 spiro atoms. The largest absolute Gasteiger partial charge is 0.465 e. The highest BCUT2D eigenvalue weighted by Gasteiger charge is 2.25. The van der Waals surface area contributed by atoms with Crippen LogP contribution in [0.3, 0.4) is 0 Å². The number of nitrogens with two attached hydrogens (primary N) is 1. The van der Waals surface area contributed by atoms with Crippen molar-refractivity contribution < 1.29 is 53.2 Å². The van der Waals surface area contributed by atoms with E-state index >= 15 is 0 Å². The van der Waals surface area contributed by atoms with E-state index in [1.165, 1.54) is 4.90 Å². The second kappa shape index (κ2) is 22.1. The molecule has 0 aromatic rings. The highest BCUT2D eigenvalue weighted by atomic mass is 16.6. The molecule has 0 saturated carbocycles. The van der Waals surface area contributed by atoms with E-state index in [2.05, 4.69) is 20.9 Å². The zero-order valence-electron chi connectivity index (χ0n) is 28.4. The standard InChI is InChI=1S/C29H53N7O11/c1-28(2,3)46-26(43)35(17-13-15-32-23(38)39)16-11-12-19-45-25(42)33-20-21(37)31-14-9-7-8-10-18-36(22(30)34-24(40)41)27(44)47-29(4,5)6/h32H,7-20H2,1-6H3,(H2,30,34)(H,31,37)(H,33,42)(H,38,39)(H,40,41). The maximum Gasteiger partial charge on any atom is 0.434 e. The average molecular weight is 676 g/mol. The van der Waals surface area contributed by atoms with Crippen molar-refractivity contribution in [2.75, 3.05) is 45.9 Å². The van der Waals surface area contributed by atoms with Crippen molar-refractivity contribution in [2.45, 2.75) is 97.7 Å². The van der Waals surface area contributed by atoms with Crippen molar-refractivity contribution >= 4 is 42.3 Å². The Morgan fingerprint density at radius 2 is 1.26 bits per heavy atom. The van der Waals surface area contributed by atoms with Gasteiger partial charge in [-0.2, -0.15) is 0 Å². The van der Waals surface area contributed by atoms with E-state index in [1.807, 2.05) is 0 Å². The molecule has 0 heterocycles. The lowest BCUT2D eigenvalue weighted by Crippen LogP contribution is -2.45.